The third-order valence-corrected chi connectivity index (χ3v) is 4.54. The van der Waals surface area contributed by atoms with Gasteiger partial charge in [0.1, 0.15) is 0 Å². The summed E-state index contributed by atoms with van der Waals surface area (Å²) in [6, 6.07) is 0.345. The molecule has 1 saturated heterocycles. The summed E-state index contributed by atoms with van der Waals surface area (Å²) in [5, 5.41) is 4.40. The van der Waals surface area contributed by atoms with Crippen molar-refractivity contribution in [3.8, 4) is 0 Å². The molecule has 0 amide bonds. The summed E-state index contributed by atoms with van der Waals surface area (Å²) in [6.45, 7) is 7.52. The number of aromatic nitrogens is 4. The van der Waals surface area contributed by atoms with Crippen molar-refractivity contribution in [2.24, 2.45) is 0 Å². The first-order valence-electron chi connectivity index (χ1n) is 7.80. The molecule has 0 aromatic carbocycles. The Hall–Kier alpha value is -1.75. The molecule has 1 atom stereocenters. The fourth-order valence-corrected chi connectivity index (χ4v) is 3.10. The number of aryl methyl sites for hydroxylation is 1. The third kappa shape index (κ3) is 3.13. The highest BCUT2D eigenvalue weighted by molar-refractivity contribution is 5.13. The summed E-state index contributed by atoms with van der Waals surface area (Å²) in [6.07, 6.45) is 12.0. The van der Waals surface area contributed by atoms with E-state index in [4.69, 9.17) is 0 Å². The fourth-order valence-electron chi connectivity index (χ4n) is 3.10. The summed E-state index contributed by atoms with van der Waals surface area (Å²) in [5.74, 6) is 0.649. The first-order chi connectivity index (χ1) is 10.3. The molecule has 5 nitrogen and oxygen atoms in total. The van der Waals surface area contributed by atoms with Crippen LogP contribution in [-0.4, -0.2) is 37.7 Å². The van der Waals surface area contributed by atoms with Gasteiger partial charge in [-0.05, 0) is 51.3 Å². The van der Waals surface area contributed by atoms with Crippen molar-refractivity contribution in [3.63, 3.8) is 0 Å². The van der Waals surface area contributed by atoms with Crippen molar-refractivity contribution in [3.05, 3.63) is 42.2 Å². The predicted molar refractivity (Wildman–Crippen MR) is 81.9 cm³/mol. The third-order valence-electron chi connectivity index (χ3n) is 4.54. The lowest BCUT2D eigenvalue weighted by Crippen LogP contribution is -2.35. The van der Waals surface area contributed by atoms with Gasteiger partial charge >= 0.3 is 0 Å². The number of hydrogen-bond donors (Lipinski definition) is 0. The zero-order chi connectivity index (χ0) is 14.7. The van der Waals surface area contributed by atoms with Gasteiger partial charge in [0, 0.05) is 31.3 Å². The molecule has 0 saturated carbocycles. The molecule has 2 aromatic rings. The maximum absolute atomic E-state index is 4.43. The van der Waals surface area contributed by atoms with Gasteiger partial charge in [-0.2, -0.15) is 5.10 Å². The van der Waals surface area contributed by atoms with Crippen molar-refractivity contribution < 1.29 is 0 Å². The van der Waals surface area contributed by atoms with E-state index >= 15 is 0 Å². The lowest BCUT2D eigenvalue weighted by molar-refractivity contribution is 0.159. The molecule has 0 aliphatic carbocycles. The molecule has 1 fully saturated rings. The molecule has 3 rings (SSSR count). The lowest BCUT2D eigenvalue weighted by atomic mass is 9.91. The van der Waals surface area contributed by atoms with Crippen LogP contribution in [0.3, 0.4) is 0 Å². The van der Waals surface area contributed by atoms with Gasteiger partial charge in [0.05, 0.1) is 17.9 Å². The number of likely N-dealkylation sites (tertiary alicyclic amines) is 1. The molecule has 1 unspecified atom stereocenters. The highest BCUT2D eigenvalue weighted by atomic mass is 15.3. The van der Waals surface area contributed by atoms with Gasteiger partial charge in [-0.25, -0.2) is 0 Å². The Bertz CT molecular complexity index is 557. The van der Waals surface area contributed by atoms with Gasteiger partial charge in [-0.1, -0.05) is 0 Å². The van der Waals surface area contributed by atoms with E-state index in [-0.39, 0.29) is 0 Å². The van der Waals surface area contributed by atoms with E-state index in [1.54, 1.807) is 12.4 Å². The summed E-state index contributed by atoms with van der Waals surface area (Å²) >= 11 is 0. The average Bonchev–Trinajstić information content (AvgIpc) is 3.04. The highest BCUT2D eigenvalue weighted by Crippen LogP contribution is 2.31. The van der Waals surface area contributed by atoms with E-state index in [0.717, 1.165) is 25.3 Å². The second-order valence-corrected chi connectivity index (χ2v) is 5.75. The van der Waals surface area contributed by atoms with E-state index in [9.17, 15) is 0 Å². The SMILES string of the molecule is CCn1cc(C2CCN(C(C)c3cnccn3)CC2)cn1. The molecule has 112 valence electrons. The molecular weight excluding hydrogens is 262 g/mol. The van der Waals surface area contributed by atoms with Gasteiger partial charge in [-0.3, -0.25) is 19.5 Å². The molecule has 5 heteroatoms. The lowest BCUT2D eigenvalue weighted by Gasteiger charge is -2.35. The Morgan fingerprint density at radius 2 is 2.05 bits per heavy atom. The number of nitrogens with zero attached hydrogens (tertiary/aromatic N) is 5. The maximum atomic E-state index is 4.43. The van der Waals surface area contributed by atoms with Gasteiger partial charge in [0.15, 0.2) is 0 Å². The zero-order valence-corrected chi connectivity index (χ0v) is 12.8. The van der Waals surface area contributed by atoms with Crippen molar-refractivity contribution in [2.75, 3.05) is 13.1 Å². The number of rotatable bonds is 4. The molecule has 1 aliphatic rings. The van der Waals surface area contributed by atoms with E-state index in [2.05, 4.69) is 40.0 Å². The highest BCUT2D eigenvalue weighted by Gasteiger charge is 2.25. The normalized spacial score (nSPS) is 18.8. The van der Waals surface area contributed by atoms with E-state index in [1.807, 2.05) is 17.1 Å². The molecule has 21 heavy (non-hydrogen) atoms. The van der Waals surface area contributed by atoms with Crippen molar-refractivity contribution in [2.45, 2.75) is 45.2 Å². The quantitative estimate of drug-likeness (QED) is 0.866. The van der Waals surface area contributed by atoms with Gasteiger partial charge in [0.25, 0.3) is 0 Å². The average molecular weight is 285 g/mol. The molecule has 3 heterocycles. The Kier molecular flexibility index (Phi) is 4.29. The smallest absolute Gasteiger partial charge is 0.0755 e. The Morgan fingerprint density at radius 1 is 1.24 bits per heavy atom. The molecule has 0 spiro atoms. The van der Waals surface area contributed by atoms with Gasteiger partial charge in [-0.15, -0.1) is 0 Å². The first kappa shape index (κ1) is 14.2. The van der Waals surface area contributed by atoms with Gasteiger partial charge < -0.3 is 0 Å². The molecule has 1 aliphatic heterocycles. The fraction of sp³-hybridized carbons (Fsp3) is 0.562. The van der Waals surface area contributed by atoms with Crippen LogP contribution in [0, 0.1) is 0 Å². The Morgan fingerprint density at radius 3 is 2.67 bits per heavy atom. The number of piperidine rings is 1. The molecular formula is C16H23N5. The van der Waals surface area contributed by atoms with E-state index in [0.29, 0.717) is 12.0 Å². The first-order valence-corrected chi connectivity index (χ1v) is 7.80. The summed E-state index contributed by atoms with van der Waals surface area (Å²) < 4.78 is 2.02. The van der Waals surface area contributed by atoms with Crippen molar-refractivity contribution in [1.82, 2.24) is 24.6 Å². The van der Waals surface area contributed by atoms with Crippen LogP contribution in [0.5, 0.6) is 0 Å². The van der Waals surface area contributed by atoms with Crippen LogP contribution in [0.25, 0.3) is 0 Å². The zero-order valence-electron chi connectivity index (χ0n) is 12.8. The standard InChI is InChI=1S/C16H23N5/c1-3-21-12-15(10-19-21)14-4-8-20(9-5-14)13(2)16-11-17-6-7-18-16/h6-7,10-14H,3-5,8-9H2,1-2H3. The summed E-state index contributed by atoms with van der Waals surface area (Å²) in [4.78, 5) is 11.1. The molecule has 0 radical (unpaired) electrons. The van der Waals surface area contributed by atoms with Crippen LogP contribution in [0.2, 0.25) is 0 Å². The summed E-state index contributed by atoms with van der Waals surface area (Å²) in [5.41, 5.74) is 2.46. The second-order valence-electron chi connectivity index (χ2n) is 5.75. The number of hydrogen-bond acceptors (Lipinski definition) is 4. The van der Waals surface area contributed by atoms with E-state index < -0.39 is 0 Å². The maximum Gasteiger partial charge on any atom is 0.0755 e. The van der Waals surface area contributed by atoms with Crippen molar-refractivity contribution in [1.29, 1.82) is 0 Å². The van der Waals surface area contributed by atoms with Crippen LogP contribution in [0.15, 0.2) is 31.0 Å². The molecule has 0 N–H and O–H groups in total. The molecule has 0 bridgehead atoms. The minimum absolute atomic E-state index is 0.345. The predicted octanol–water partition coefficient (Wildman–Crippen LogP) is 2.63. The Balaban J connectivity index is 1.60. The van der Waals surface area contributed by atoms with Crippen LogP contribution in [-0.2, 0) is 6.54 Å². The Labute approximate surface area is 126 Å². The minimum Gasteiger partial charge on any atom is -0.295 e. The van der Waals surface area contributed by atoms with Gasteiger partial charge in [0.2, 0.25) is 0 Å². The molecule has 2 aromatic heterocycles. The van der Waals surface area contributed by atoms with Crippen LogP contribution >= 0.6 is 0 Å². The second kappa shape index (κ2) is 6.35. The van der Waals surface area contributed by atoms with Crippen molar-refractivity contribution >= 4 is 0 Å². The van der Waals surface area contributed by atoms with Crippen LogP contribution < -0.4 is 0 Å². The monoisotopic (exact) mass is 285 g/mol. The minimum atomic E-state index is 0.345. The topological polar surface area (TPSA) is 46.8 Å². The van der Waals surface area contributed by atoms with E-state index in [1.165, 1.54) is 18.4 Å². The van der Waals surface area contributed by atoms with Crippen LogP contribution in [0.1, 0.15) is 49.9 Å². The van der Waals surface area contributed by atoms with Crippen LogP contribution in [0.4, 0.5) is 0 Å². The largest absolute Gasteiger partial charge is 0.295 e. The summed E-state index contributed by atoms with van der Waals surface area (Å²) in [7, 11) is 0.